The fourth-order valence-electron chi connectivity index (χ4n) is 3.43. The number of alkyl halides is 3. The van der Waals surface area contributed by atoms with Crippen LogP contribution < -0.4 is 5.32 Å². The van der Waals surface area contributed by atoms with Gasteiger partial charge in [0.25, 0.3) is 11.5 Å². The lowest BCUT2D eigenvalue weighted by molar-refractivity contribution is -0.266. The van der Waals surface area contributed by atoms with Crippen LogP contribution in [0.15, 0.2) is 48.5 Å². The summed E-state index contributed by atoms with van der Waals surface area (Å²) in [5.41, 5.74) is -2.85. The number of nitrogens with one attached hydrogen (secondary N) is 1. The molecular weight excluding hydrogens is 366 g/mol. The summed E-state index contributed by atoms with van der Waals surface area (Å²) in [6, 6.07) is 9.04. The number of ether oxygens (including phenoxy) is 1. The molecule has 144 valence electrons. The second-order valence-electron chi connectivity index (χ2n) is 6.31. The average molecular weight is 383 g/mol. The number of methoxy groups -OCH3 is 1. The van der Waals surface area contributed by atoms with E-state index in [-0.39, 0.29) is 12.0 Å². The number of hydrogen-bond donors (Lipinski definition) is 2. The van der Waals surface area contributed by atoms with Crippen LogP contribution in [0.1, 0.15) is 22.7 Å². The lowest BCUT2D eigenvalue weighted by atomic mass is 9.91. The van der Waals surface area contributed by atoms with Gasteiger partial charge in [-0.15, -0.1) is 0 Å². The third-order valence-corrected chi connectivity index (χ3v) is 4.75. The molecule has 1 aliphatic rings. The van der Waals surface area contributed by atoms with Crippen molar-refractivity contribution >= 4 is 5.91 Å². The largest absolute Gasteiger partial charge is 0.430 e. The minimum atomic E-state index is -5.07. The molecule has 1 unspecified atom stereocenters. The number of carbonyl (C=O) groups is 1. The first-order chi connectivity index (χ1) is 12.7. The van der Waals surface area contributed by atoms with Crippen molar-refractivity contribution < 1.29 is 32.2 Å². The first-order valence-electron chi connectivity index (χ1n) is 8.15. The van der Waals surface area contributed by atoms with Crippen LogP contribution in [0, 0.1) is 5.82 Å². The van der Waals surface area contributed by atoms with Crippen LogP contribution in [0.25, 0.3) is 0 Å². The molecule has 1 amide bonds. The Morgan fingerprint density at radius 2 is 1.85 bits per heavy atom. The van der Waals surface area contributed by atoms with Crippen molar-refractivity contribution in [2.24, 2.45) is 0 Å². The highest BCUT2D eigenvalue weighted by Gasteiger charge is 2.63. The minimum Gasteiger partial charge on any atom is -0.390 e. The highest BCUT2D eigenvalue weighted by molar-refractivity contribution is 5.88. The maximum Gasteiger partial charge on any atom is 0.430 e. The minimum absolute atomic E-state index is 0.0951. The molecule has 0 saturated heterocycles. The highest BCUT2D eigenvalue weighted by Crippen LogP contribution is 2.43. The lowest BCUT2D eigenvalue weighted by Gasteiger charge is -2.34. The molecule has 0 spiro atoms. The van der Waals surface area contributed by atoms with Crippen LogP contribution in [0.4, 0.5) is 17.6 Å². The summed E-state index contributed by atoms with van der Waals surface area (Å²) in [7, 11) is 0.790. The molecule has 1 aliphatic carbocycles. The number of carbonyl (C=O) groups excluding carboxylic acids is 1. The molecule has 2 N–H and O–H groups in total. The van der Waals surface area contributed by atoms with E-state index in [1.54, 1.807) is 0 Å². The summed E-state index contributed by atoms with van der Waals surface area (Å²) in [4.78, 5) is 12.8. The third kappa shape index (κ3) is 3.19. The van der Waals surface area contributed by atoms with Gasteiger partial charge in [0.15, 0.2) is 0 Å². The molecule has 3 atom stereocenters. The van der Waals surface area contributed by atoms with E-state index in [9.17, 15) is 27.5 Å². The Morgan fingerprint density at radius 3 is 2.44 bits per heavy atom. The van der Waals surface area contributed by atoms with Gasteiger partial charge in [0.05, 0.1) is 12.1 Å². The average Bonchev–Trinajstić information content (AvgIpc) is 2.91. The smallest absolute Gasteiger partial charge is 0.390 e. The summed E-state index contributed by atoms with van der Waals surface area (Å²) in [6.45, 7) is 0. The van der Waals surface area contributed by atoms with Crippen molar-refractivity contribution in [1.82, 2.24) is 5.32 Å². The number of fused-ring (bicyclic) bond motifs is 1. The number of halogens is 4. The Hall–Kier alpha value is -2.45. The molecule has 0 aliphatic heterocycles. The molecule has 8 heteroatoms. The second kappa shape index (κ2) is 6.94. The van der Waals surface area contributed by atoms with Gasteiger partial charge in [-0.2, -0.15) is 13.2 Å². The molecular formula is C19H17F4NO3. The van der Waals surface area contributed by atoms with Crippen molar-refractivity contribution in [3.8, 4) is 0 Å². The van der Waals surface area contributed by atoms with Crippen LogP contribution in [0.2, 0.25) is 0 Å². The van der Waals surface area contributed by atoms with E-state index in [4.69, 9.17) is 4.74 Å². The Balaban J connectivity index is 2.01. The lowest BCUT2D eigenvalue weighted by Crippen LogP contribution is -2.56. The summed E-state index contributed by atoms with van der Waals surface area (Å²) in [6.07, 6.45) is -6.15. The van der Waals surface area contributed by atoms with E-state index in [2.05, 4.69) is 5.32 Å². The summed E-state index contributed by atoms with van der Waals surface area (Å²) in [5, 5.41) is 12.4. The monoisotopic (exact) mass is 383 g/mol. The molecule has 0 fully saturated rings. The Morgan fingerprint density at radius 1 is 1.19 bits per heavy atom. The predicted octanol–water partition coefficient (Wildman–Crippen LogP) is 3.00. The van der Waals surface area contributed by atoms with E-state index in [0.29, 0.717) is 5.56 Å². The number of benzene rings is 2. The zero-order valence-corrected chi connectivity index (χ0v) is 14.3. The molecule has 3 rings (SSSR count). The molecule has 0 radical (unpaired) electrons. The summed E-state index contributed by atoms with van der Waals surface area (Å²) >= 11 is 0. The first kappa shape index (κ1) is 19.3. The molecule has 2 aromatic carbocycles. The second-order valence-corrected chi connectivity index (χ2v) is 6.31. The fraction of sp³-hybridized carbons (Fsp3) is 0.316. The molecule has 0 bridgehead atoms. The van der Waals surface area contributed by atoms with Gasteiger partial charge in [-0.25, -0.2) is 4.39 Å². The van der Waals surface area contributed by atoms with Crippen molar-refractivity contribution in [2.75, 3.05) is 7.11 Å². The summed E-state index contributed by atoms with van der Waals surface area (Å²) < 4.78 is 60.1. The van der Waals surface area contributed by atoms with Gasteiger partial charge in [0.2, 0.25) is 0 Å². The normalized spacial score (nSPS) is 21.4. The maximum absolute atomic E-state index is 13.9. The number of amides is 1. The van der Waals surface area contributed by atoms with Gasteiger partial charge in [-0.05, 0) is 23.3 Å². The van der Waals surface area contributed by atoms with E-state index in [0.717, 1.165) is 25.3 Å². The molecule has 27 heavy (non-hydrogen) atoms. The van der Waals surface area contributed by atoms with Gasteiger partial charge >= 0.3 is 6.18 Å². The van der Waals surface area contributed by atoms with Gasteiger partial charge in [0.1, 0.15) is 5.82 Å². The van der Waals surface area contributed by atoms with Crippen LogP contribution in [-0.4, -0.2) is 30.4 Å². The van der Waals surface area contributed by atoms with E-state index in [1.165, 1.54) is 30.3 Å². The first-order valence-corrected chi connectivity index (χ1v) is 8.15. The van der Waals surface area contributed by atoms with Crippen molar-refractivity contribution in [3.05, 3.63) is 71.0 Å². The number of rotatable bonds is 4. The standard InChI is InChI=1S/C19H17F4NO3/c1-27-18(19(21,22)23,12-5-3-2-4-6-12)17(26)24-16-14-10-13(20)8-7-11(14)9-15(16)25/h2-8,10,15-16,25H,9H2,1H3,(H,24,26)/t15-,16+,18?/m0/s1. The zero-order chi connectivity index (χ0) is 19.8. The fourth-order valence-corrected chi connectivity index (χ4v) is 3.43. The van der Waals surface area contributed by atoms with Crippen molar-refractivity contribution in [3.63, 3.8) is 0 Å². The number of aliphatic hydroxyl groups is 1. The van der Waals surface area contributed by atoms with Gasteiger partial charge in [-0.1, -0.05) is 36.4 Å². The molecule has 0 saturated carbocycles. The molecule has 0 aromatic heterocycles. The van der Waals surface area contributed by atoms with E-state index >= 15 is 0 Å². The third-order valence-electron chi connectivity index (χ3n) is 4.75. The highest BCUT2D eigenvalue weighted by atomic mass is 19.4. The molecule has 4 nitrogen and oxygen atoms in total. The maximum atomic E-state index is 13.9. The van der Waals surface area contributed by atoms with Gasteiger partial charge < -0.3 is 15.2 Å². The number of hydrogen-bond acceptors (Lipinski definition) is 3. The van der Waals surface area contributed by atoms with Crippen LogP contribution in [-0.2, 0) is 21.6 Å². The van der Waals surface area contributed by atoms with Crippen molar-refractivity contribution in [1.29, 1.82) is 0 Å². The topological polar surface area (TPSA) is 58.6 Å². The van der Waals surface area contributed by atoms with Crippen LogP contribution in [0.5, 0.6) is 0 Å². The Bertz CT molecular complexity index is 841. The van der Waals surface area contributed by atoms with E-state index in [1.807, 2.05) is 0 Å². The van der Waals surface area contributed by atoms with Gasteiger partial charge in [-0.3, -0.25) is 4.79 Å². The Kier molecular flexibility index (Phi) is 4.96. The SMILES string of the molecule is COC(C(=O)N[C@@H]1c2cc(F)ccc2C[C@@H]1O)(c1ccccc1)C(F)(F)F. The van der Waals surface area contributed by atoms with Gasteiger partial charge in [0, 0.05) is 19.1 Å². The zero-order valence-electron chi connectivity index (χ0n) is 14.3. The number of aliphatic hydroxyl groups excluding tert-OH is 1. The Labute approximate surface area is 152 Å². The van der Waals surface area contributed by atoms with Crippen LogP contribution >= 0.6 is 0 Å². The van der Waals surface area contributed by atoms with E-state index < -0.39 is 41.2 Å². The molecule has 2 aromatic rings. The van der Waals surface area contributed by atoms with Crippen molar-refractivity contribution in [2.45, 2.75) is 30.3 Å². The molecule has 0 heterocycles. The summed E-state index contributed by atoms with van der Waals surface area (Å²) in [5.74, 6) is -2.09. The quantitative estimate of drug-likeness (QED) is 0.798. The van der Waals surface area contributed by atoms with Crippen LogP contribution in [0.3, 0.4) is 0 Å². The predicted molar refractivity (Wildman–Crippen MR) is 88.2 cm³/mol.